The first-order chi connectivity index (χ1) is 15.1. The highest BCUT2D eigenvalue weighted by atomic mass is 16.3. The molecule has 2 heterocycles. The molecule has 0 spiro atoms. The van der Waals surface area contributed by atoms with Gasteiger partial charge in [-0.15, -0.1) is 0 Å². The van der Waals surface area contributed by atoms with Crippen molar-refractivity contribution in [3.8, 4) is 11.1 Å². The quantitative estimate of drug-likeness (QED) is 0.328. The minimum atomic E-state index is 0.827. The lowest BCUT2D eigenvalue weighted by Gasteiger charge is -2.10. The first-order valence-electron chi connectivity index (χ1n) is 10.3. The van der Waals surface area contributed by atoms with Crippen LogP contribution in [0.25, 0.3) is 38.8 Å². The van der Waals surface area contributed by atoms with E-state index in [0.717, 1.165) is 61.5 Å². The van der Waals surface area contributed by atoms with E-state index in [1.165, 1.54) is 0 Å². The Hall–Kier alpha value is -4.05. The highest BCUT2D eigenvalue weighted by molar-refractivity contribution is 6.10. The Kier molecular flexibility index (Phi) is 4.68. The van der Waals surface area contributed by atoms with Gasteiger partial charge in [0.05, 0.1) is 5.69 Å². The van der Waals surface area contributed by atoms with Gasteiger partial charge in [0.25, 0.3) is 0 Å². The molecule has 0 saturated heterocycles. The minimum Gasteiger partial charge on any atom is -0.454 e. The summed E-state index contributed by atoms with van der Waals surface area (Å²) in [5.74, 6) is 0.859. The van der Waals surface area contributed by atoms with Crippen molar-refractivity contribution in [2.45, 2.75) is 6.92 Å². The van der Waals surface area contributed by atoms with E-state index in [0.29, 0.717) is 0 Å². The molecule has 0 amide bonds. The Morgan fingerprint density at radius 1 is 0.871 bits per heavy atom. The number of para-hydroxylation sites is 1. The maximum Gasteiger partial charge on any atom is 0.158 e. The van der Waals surface area contributed by atoms with Crippen LogP contribution in [0.5, 0.6) is 0 Å². The normalized spacial score (nSPS) is 11.0. The fourth-order valence-corrected chi connectivity index (χ4v) is 3.91. The van der Waals surface area contributed by atoms with E-state index in [9.17, 15) is 0 Å². The number of hydrogen-bond acceptors (Lipinski definition) is 4. The molecular weight excluding hydrogens is 382 g/mol. The van der Waals surface area contributed by atoms with E-state index >= 15 is 0 Å². The Morgan fingerprint density at radius 3 is 2.52 bits per heavy atom. The van der Waals surface area contributed by atoms with E-state index in [2.05, 4.69) is 52.5 Å². The summed E-state index contributed by atoms with van der Waals surface area (Å²) in [6, 6.07) is 26.7. The van der Waals surface area contributed by atoms with Crippen molar-refractivity contribution in [1.29, 1.82) is 0 Å². The number of anilines is 2. The van der Waals surface area contributed by atoms with Crippen LogP contribution < -0.4 is 10.6 Å². The molecule has 0 unspecified atom stereocenters. The first kappa shape index (κ1) is 18.9. The largest absolute Gasteiger partial charge is 0.454 e. The fourth-order valence-electron chi connectivity index (χ4n) is 3.91. The molecular formula is C27H23N3O. The molecule has 4 nitrogen and oxygen atoms in total. The van der Waals surface area contributed by atoms with Crippen molar-refractivity contribution in [3.05, 3.63) is 96.7 Å². The van der Waals surface area contributed by atoms with Gasteiger partial charge < -0.3 is 15.1 Å². The molecule has 0 aliphatic heterocycles. The van der Waals surface area contributed by atoms with Gasteiger partial charge in [0, 0.05) is 29.2 Å². The minimum absolute atomic E-state index is 0.827. The molecule has 3 aromatic carbocycles. The maximum atomic E-state index is 6.25. The molecule has 0 fully saturated rings. The van der Waals surface area contributed by atoms with Crippen LogP contribution in [-0.2, 0) is 0 Å². The number of aromatic nitrogens is 1. The summed E-state index contributed by atoms with van der Waals surface area (Å²) in [5, 5.41) is 8.72. The third kappa shape index (κ3) is 3.53. The molecule has 0 radical (unpaired) electrons. The third-order valence-corrected chi connectivity index (χ3v) is 5.45. The summed E-state index contributed by atoms with van der Waals surface area (Å²) < 4.78 is 6.25. The van der Waals surface area contributed by atoms with Crippen LogP contribution in [-0.4, -0.2) is 12.0 Å². The van der Waals surface area contributed by atoms with Crippen molar-refractivity contribution >= 4 is 39.1 Å². The van der Waals surface area contributed by atoms with E-state index in [1.54, 1.807) is 0 Å². The second-order valence-electron chi connectivity index (χ2n) is 7.60. The van der Waals surface area contributed by atoms with Crippen LogP contribution in [0.1, 0.15) is 11.3 Å². The SMILES string of the molecule is C=C(Nc1cccc2c1oc1ccc(-c3cc(C)nc(NC)c3)cc12)c1ccccc1. The zero-order valence-corrected chi connectivity index (χ0v) is 17.6. The van der Waals surface area contributed by atoms with Gasteiger partial charge in [-0.1, -0.05) is 55.1 Å². The standard InChI is InChI=1S/C27H23N3O/c1-17-14-21(16-26(28-3)29-17)20-12-13-25-23(15-20)22-10-7-11-24(27(22)31-25)30-18(2)19-8-5-4-6-9-19/h4-16,30H,2H2,1,3H3,(H,28,29). The first-order valence-corrected chi connectivity index (χ1v) is 10.3. The topological polar surface area (TPSA) is 50.1 Å². The van der Waals surface area contributed by atoms with Crippen LogP contribution in [0.15, 0.2) is 89.9 Å². The van der Waals surface area contributed by atoms with Gasteiger partial charge in [-0.25, -0.2) is 4.98 Å². The van der Waals surface area contributed by atoms with Crippen LogP contribution in [0.2, 0.25) is 0 Å². The molecule has 0 aliphatic rings. The number of rotatable bonds is 5. The van der Waals surface area contributed by atoms with Crippen LogP contribution in [0.3, 0.4) is 0 Å². The average molecular weight is 406 g/mol. The average Bonchev–Trinajstić information content (AvgIpc) is 3.18. The Bertz CT molecular complexity index is 1420. The van der Waals surface area contributed by atoms with E-state index < -0.39 is 0 Å². The Morgan fingerprint density at radius 2 is 1.71 bits per heavy atom. The monoisotopic (exact) mass is 405 g/mol. The molecule has 0 bridgehead atoms. The van der Waals surface area contributed by atoms with Crippen LogP contribution in [0.4, 0.5) is 11.5 Å². The number of fused-ring (bicyclic) bond motifs is 3. The van der Waals surface area contributed by atoms with Crippen molar-refractivity contribution < 1.29 is 4.42 Å². The lowest BCUT2D eigenvalue weighted by molar-refractivity contribution is 0.670. The van der Waals surface area contributed by atoms with Crippen molar-refractivity contribution in [3.63, 3.8) is 0 Å². The number of aryl methyl sites for hydroxylation is 1. The molecule has 152 valence electrons. The van der Waals surface area contributed by atoms with Crippen LogP contribution >= 0.6 is 0 Å². The molecule has 0 aliphatic carbocycles. The lowest BCUT2D eigenvalue weighted by atomic mass is 10.0. The zero-order valence-electron chi connectivity index (χ0n) is 17.6. The fraction of sp³-hybridized carbons (Fsp3) is 0.0741. The summed E-state index contributed by atoms with van der Waals surface area (Å²) in [7, 11) is 1.89. The number of nitrogens with one attached hydrogen (secondary N) is 2. The van der Waals surface area contributed by atoms with Gasteiger partial charge in [-0.3, -0.25) is 0 Å². The van der Waals surface area contributed by atoms with E-state index in [-0.39, 0.29) is 0 Å². The maximum absolute atomic E-state index is 6.25. The molecule has 2 N–H and O–H groups in total. The van der Waals surface area contributed by atoms with Gasteiger partial charge in [0.15, 0.2) is 5.58 Å². The van der Waals surface area contributed by atoms with Gasteiger partial charge in [0.1, 0.15) is 11.4 Å². The van der Waals surface area contributed by atoms with Crippen LogP contribution in [0, 0.1) is 6.92 Å². The number of hydrogen-bond donors (Lipinski definition) is 2. The van der Waals surface area contributed by atoms with E-state index in [1.807, 2.05) is 62.5 Å². The predicted molar refractivity (Wildman–Crippen MR) is 130 cm³/mol. The highest BCUT2D eigenvalue weighted by Crippen LogP contribution is 2.37. The summed E-state index contributed by atoms with van der Waals surface area (Å²) in [5.41, 5.74) is 7.70. The number of pyridine rings is 1. The molecule has 0 atom stereocenters. The summed E-state index contributed by atoms with van der Waals surface area (Å²) in [6.07, 6.45) is 0. The van der Waals surface area contributed by atoms with Crippen molar-refractivity contribution in [2.75, 3.05) is 17.7 Å². The van der Waals surface area contributed by atoms with Crippen molar-refractivity contribution in [2.24, 2.45) is 0 Å². The molecule has 5 rings (SSSR count). The summed E-state index contributed by atoms with van der Waals surface area (Å²) >= 11 is 0. The molecule has 2 aromatic heterocycles. The Labute approximate surface area is 181 Å². The second kappa shape index (κ2) is 7.65. The third-order valence-electron chi connectivity index (χ3n) is 5.45. The highest BCUT2D eigenvalue weighted by Gasteiger charge is 2.13. The van der Waals surface area contributed by atoms with Gasteiger partial charge >= 0.3 is 0 Å². The molecule has 0 saturated carbocycles. The zero-order chi connectivity index (χ0) is 21.4. The predicted octanol–water partition coefficient (Wildman–Crippen LogP) is 7.08. The summed E-state index contributed by atoms with van der Waals surface area (Å²) in [4.78, 5) is 4.50. The number of nitrogens with zero attached hydrogens (tertiary/aromatic N) is 1. The number of furan rings is 1. The van der Waals surface area contributed by atoms with Gasteiger partial charge in [-0.2, -0.15) is 0 Å². The summed E-state index contributed by atoms with van der Waals surface area (Å²) in [6.45, 7) is 6.20. The second-order valence-corrected chi connectivity index (χ2v) is 7.60. The Balaban J connectivity index is 1.59. The van der Waals surface area contributed by atoms with Crippen molar-refractivity contribution in [1.82, 2.24) is 4.98 Å². The van der Waals surface area contributed by atoms with E-state index in [4.69, 9.17) is 4.42 Å². The molecule has 4 heteroatoms. The smallest absolute Gasteiger partial charge is 0.158 e. The molecule has 5 aromatic rings. The van der Waals surface area contributed by atoms with Gasteiger partial charge in [0.2, 0.25) is 0 Å². The van der Waals surface area contributed by atoms with Gasteiger partial charge in [-0.05, 0) is 53.9 Å². The molecule has 31 heavy (non-hydrogen) atoms. The number of benzene rings is 3. The lowest BCUT2D eigenvalue weighted by Crippen LogP contribution is -1.97.